The van der Waals surface area contributed by atoms with Crippen LogP contribution in [0.25, 0.3) is 16.7 Å². The monoisotopic (exact) mass is 386 g/mol. The molecule has 0 bridgehead atoms. The Morgan fingerprint density at radius 2 is 2.03 bits per heavy atom. The van der Waals surface area contributed by atoms with Crippen LogP contribution < -0.4 is 5.32 Å². The molecule has 0 radical (unpaired) electrons. The van der Waals surface area contributed by atoms with Crippen LogP contribution in [0.4, 0.5) is 0 Å². The van der Waals surface area contributed by atoms with Crippen molar-refractivity contribution in [3.63, 3.8) is 0 Å². The molecule has 7 heteroatoms. The molecular formula is C22H22N6O. The molecule has 3 aromatic heterocycles. The SMILES string of the molecule is Cc1nn(C)c2nc(C3CC3)cc(C(=O)NCc3cnn(-c4ccccc4)c3)c12. The summed E-state index contributed by atoms with van der Waals surface area (Å²) in [6, 6.07) is 11.8. The third kappa shape index (κ3) is 3.29. The lowest BCUT2D eigenvalue weighted by Gasteiger charge is -2.08. The molecule has 1 aliphatic carbocycles. The summed E-state index contributed by atoms with van der Waals surface area (Å²) in [7, 11) is 1.87. The van der Waals surface area contributed by atoms with Crippen LogP contribution in [0.5, 0.6) is 0 Å². The third-order valence-corrected chi connectivity index (χ3v) is 5.34. The highest BCUT2D eigenvalue weighted by molar-refractivity contribution is 6.06. The minimum atomic E-state index is -0.108. The zero-order chi connectivity index (χ0) is 20.0. The Morgan fingerprint density at radius 3 is 2.79 bits per heavy atom. The van der Waals surface area contributed by atoms with Gasteiger partial charge in [-0.3, -0.25) is 9.48 Å². The molecule has 146 valence electrons. The number of carbonyl (C=O) groups is 1. The summed E-state index contributed by atoms with van der Waals surface area (Å²) < 4.78 is 3.57. The molecule has 0 aliphatic heterocycles. The number of amides is 1. The number of carbonyl (C=O) groups excluding carboxylic acids is 1. The summed E-state index contributed by atoms with van der Waals surface area (Å²) in [6.07, 6.45) is 5.98. The lowest BCUT2D eigenvalue weighted by Crippen LogP contribution is -2.23. The van der Waals surface area contributed by atoms with Gasteiger partial charge in [-0.2, -0.15) is 10.2 Å². The molecule has 4 aromatic rings. The van der Waals surface area contributed by atoms with E-state index in [1.165, 1.54) is 0 Å². The first kappa shape index (κ1) is 17.6. The molecule has 1 amide bonds. The number of nitrogens with one attached hydrogen (secondary N) is 1. The number of pyridine rings is 1. The quantitative estimate of drug-likeness (QED) is 0.571. The van der Waals surface area contributed by atoms with Crippen LogP contribution in [-0.4, -0.2) is 30.5 Å². The first-order valence-corrected chi connectivity index (χ1v) is 9.81. The average Bonchev–Trinajstić information content (AvgIpc) is 3.41. The van der Waals surface area contributed by atoms with E-state index in [1.54, 1.807) is 10.9 Å². The molecule has 29 heavy (non-hydrogen) atoms. The second kappa shape index (κ2) is 6.84. The van der Waals surface area contributed by atoms with Crippen LogP contribution in [-0.2, 0) is 13.6 Å². The van der Waals surface area contributed by atoms with Gasteiger partial charge in [0.25, 0.3) is 5.91 Å². The number of benzene rings is 1. The normalized spacial score (nSPS) is 13.7. The zero-order valence-corrected chi connectivity index (χ0v) is 16.5. The fraction of sp³-hybridized carbons (Fsp3) is 0.273. The van der Waals surface area contributed by atoms with Crippen LogP contribution in [0.2, 0.25) is 0 Å². The van der Waals surface area contributed by atoms with Crippen LogP contribution >= 0.6 is 0 Å². The van der Waals surface area contributed by atoms with Crippen molar-refractivity contribution in [1.82, 2.24) is 29.9 Å². The number of nitrogens with zero attached hydrogens (tertiary/aromatic N) is 5. The Labute approximate surface area is 168 Å². The maximum Gasteiger partial charge on any atom is 0.252 e. The van der Waals surface area contributed by atoms with Crippen LogP contribution in [0.1, 0.15) is 46.1 Å². The van der Waals surface area contributed by atoms with E-state index in [-0.39, 0.29) is 5.91 Å². The molecule has 1 N–H and O–H groups in total. The minimum absolute atomic E-state index is 0.108. The van der Waals surface area contributed by atoms with Gasteiger partial charge in [-0.05, 0) is 38.0 Å². The summed E-state index contributed by atoms with van der Waals surface area (Å²) in [4.78, 5) is 17.8. The van der Waals surface area contributed by atoms with E-state index in [0.717, 1.165) is 46.5 Å². The molecule has 3 heterocycles. The summed E-state index contributed by atoms with van der Waals surface area (Å²) in [5, 5.41) is 12.7. The molecule has 1 aliphatic rings. The third-order valence-electron chi connectivity index (χ3n) is 5.34. The molecule has 7 nitrogen and oxygen atoms in total. The van der Waals surface area contributed by atoms with Gasteiger partial charge in [0.2, 0.25) is 0 Å². The van der Waals surface area contributed by atoms with Crippen LogP contribution in [0.3, 0.4) is 0 Å². The van der Waals surface area contributed by atoms with Gasteiger partial charge in [-0.25, -0.2) is 9.67 Å². The summed E-state index contributed by atoms with van der Waals surface area (Å²) >= 11 is 0. The standard InChI is InChI=1S/C22H22N6O/c1-14-20-18(10-19(16-8-9-16)25-21(20)27(2)26-14)22(29)23-11-15-12-24-28(13-15)17-6-4-3-5-7-17/h3-7,10,12-13,16H,8-9,11H2,1-2H3,(H,23,29). The van der Waals surface area contributed by atoms with Crippen molar-refractivity contribution in [2.75, 3.05) is 0 Å². The molecule has 0 unspecified atom stereocenters. The maximum absolute atomic E-state index is 13.1. The highest BCUT2D eigenvalue weighted by Gasteiger charge is 2.28. The molecule has 1 aromatic carbocycles. The Bertz CT molecular complexity index is 1200. The highest BCUT2D eigenvalue weighted by Crippen LogP contribution is 2.40. The molecule has 1 fully saturated rings. The average molecular weight is 386 g/mol. The molecule has 0 saturated heterocycles. The first-order chi connectivity index (χ1) is 14.1. The Kier molecular flexibility index (Phi) is 4.16. The van der Waals surface area contributed by atoms with Crippen molar-refractivity contribution in [2.45, 2.75) is 32.2 Å². The summed E-state index contributed by atoms with van der Waals surface area (Å²) in [5.41, 5.74) is 5.16. The zero-order valence-electron chi connectivity index (χ0n) is 16.5. The lowest BCUT2D eigenvalue weighted by atomic mass is 10.1. The van der Waals surface area contributed by atoms with Gasteiger partial charge < -0.3 is 5.32 Å². The van der Waals surface area contributed by atoms with Gasteiger partial charge in [0.1, 0.15) is 0 Å². The van der Waals surface area contributed by atoms with Crippen LogP contribution in [0.15, 0.2) is 48.8 Å². The number of rotatable bonds is 5. The summed E-state index contributed by atoms with van der Waals surface area (Å²) in [6.45, 7) is 2.33. The Morgan fingerprint density at radius 1 is 1.24 bits per heavy atom. The topological polar surface area (TPSA) is 77.6 Å². The molecule has 0 spiro atoms. The van der Waals surface area contributed by atoms with E-state index in [0.29, 0.717) is 18.0 Å². The van der Waals surface area contributed by atoms with E-state index < -0.39 is 0 Å². The van der Waals surface area contributed by atoms with E-state index in [2.05, 4.69) is 15.5 Å². The van der Waals surface area contributed by atoms with Gasteiger partial charge in [-0.15, -0.1) is 0 Å². The second-order valence-electron chi connectivity index (χ2n) is 7.59. The van der Waals surface area contributed by atoms with Crippen molar-refractivity contribution in [1.29, 1.82) is 0 Å². The van der Waals surface area contributed by atoms with Gasteiger partial charge in [0.05, 0.1) is 28.5 Å². The Balaban J connectivity index is 1.40. The van der Waals surface area contributed by atoms with Crippen LogP contribution in [0, 0.1) is 6.92 Å². The van der Waals surface area contributed by atoms with Gasteiger partial charge in [0.15, 0.2) is 5.65 Å². The number of hydrogen-bond acceptors (Lipinski definition) is 4. The van der Waals surface area contributed by atoms with E-state index in [9.17, 15) is 4.79 Å². The summed E-state index contributed by atoms with van der Waals surface area (Å²) in [5.74, 6) is 0.355. The van der Waals surface area contributed by atoms with Crippen molar-refractivity contribution in [2.24, 2.45) is 7.05 Å². The van der Waals surface area contributed by atoms with E-state index in [4.69, 9.17) is 4.98 Å². The van der Waals surface area contributed by atoms with E-state index >= 15 is 0 Å². The maximum atomic E-state index is 13.1. The number of hydrogen-bond donors (Lipinski definition) is 1. The predicted octanol–water partition coefficient (Wildman–Crippen LogP) is 3.27. The van der Waals surface area contributed by atoms with Crippen molar-refractivity contribution >= 4 is 16.9 Å². The number of para-hydroxylation sites is 1. The van der Waals surface area contributed by atoms with Crippen molar-refractivity contribution < 1.29 is 4.79 Å². The molecule has 5 rings (SSSR count). The first-order valence-electron chi connectivity index (χ1n) is 9.81. The molecule has 0 atom stereocenters. The molecular weight excluding hydrogens is 364 g/mol. The van der Waals surface area contributed by atoms with Crippen molar-refractivity contribution in [3.8, 4) is 5.69 Å². The fourth-order valence-corrected chi connectivity index (χ4v) is 3.68. The Hall–Kier alpha value is -3.48. The number of aromatic nitrogens is 5. The predicted molar refractivity (Wildman–Crippen MR) is 110 cm³/mol. The fourth-order valence-electron chi connectivity index (χ4n) is 3.68. The second-order valence-corrected chi connectivity index (χ2v) is 7.59. The van der Waals surface area contributed by atoms with E-state index in [1.807, 2.05) is 61.2 Å². The number of aryl methyl sites for hydroxylation is 2. The van der Waals surface area contributed by atoms with Crippen molar-refractivity contribution in [3.05, 3.63) is 71.3 Å². The minimum Gasteiger partial charge on any atom is -0.348 e. The smallest absolute Gasteiger partial charge is 0.252 e. The van der Waals surface area contributed by atoms with Gasteiger partial charge in [-0.1, -0.05) is 18.2 Å². The van der Waals surface area contributed by atoms with Gasteiger partial charge >= 0.3 is 0 Å². The molecule has 1 saturated carbocycles. The largest absolute Gasteiger partial charge is 0.348 e. The highest BCUT2D eigenvalue weighted by atomic mass is 16.1. The van der Waals surface area contributed by atoms with Gasteiger partial charge in [0, 0.05) is 37.0 Å². The number of fused-ring (bicyclic) bond motifs is 1. The lowest BCUT2D eigenvalue weighted by molar-refractivity contribution is 0.0952.